The van der Waals surface area contributed by atoms with Crippen LogP contribution >= 0.6 is 0 Å². The Balaban J connectivity index is 1.78. The first-order chi connectivity index (χ1) is 14.9. The number of hydrogen-bond acceptors (Lipinski definition) is 5. The molecule has 1 aliphatic heterocycles. The first kappa shape index (κ1) is 25.2. The van der Waals surface area contributed by atoms with Crippen LogP contribution in [0.25, 0.3) is 0 Å². The zero-order valence-corrected chi connectivity index (χ0v) is 18.7. The maximum absolute atomic E-state index is 13.8. The number of nitrogens with zero attached hydrogens (tertiary/aromatic N) is 2. The van der Waals surface area contributed by atoms with Gasteiger partial charge < -0.3 is 19.9 Å². The Bertz CT molecular complexity index is 877. The Hall–Kier alpha value is -3.04. The van der Waals surface area contributed by atoms with Crippen molar-refractivity contribution in [3.05, 3.63) is 35.4 Å². The third-order valence-corrected chi connectivity index (χ3v) is 4.94. The van der Waals surface area contributed by atoms with E-state index in [2.05, 4.69) is 5.32 Å². The zero-order chi connectivity index (χ0) is 24.1. The molecule has 0 spiro atoms. The number of likely N-dealkylation sites (N-methyl/N-ethyl adjacent to an activating group) is 1. The highest BCUT2D eigenvalue weighted by Gasteiger charge is 2.30. The molecule has 10 heteroatoms. The number of hydrogen-bond donors (Lipinski definition) is 1. The third kappa shape index (κ3) is 7.28. The lowest BCUT2D eigenvalue weighted by atomic mass is 9.96. The van der Waals surface area contributed by atoms with Gasteiger partial charge in [0.05, 0.1) is 18.0 Å². The van der Waals surface area contributed by atoms with E-state index in [1.807, 2.05) is 20.8 Å². The van der Waals surface area contributed by atoms with Gasteiger partial charge in [0.15, 0.2) is 6.61 Å². The second kappa shape index (κ2) is 10.5. The van der Waals surface area contributed by atoms with Gasteiger partial charge >= 0.3 is 5.97 Å². The van der Waals surface area contributed by atoms with Crippen LogP contribution in [-0.4, -0.2) is 72.3 Å². The molecule has 1 aromatic carbocycles. The van der Waals surface area contributed by atoms with Crippen molar-refractivity contribution in [2.45, 2.75) is 39.2 Å². The Morgan fingerprint density at radius 2 is 1.78 bits per heavy atom. The molecule has 2 rings (SSSR count). The van der Waals surface area contributed by atoms with E-state index in [1.54, 1.807) is 0 Å². The molecule has 0 unspecified atom stereocenters. The Morgan fingerprint density at radius 1 is 1.16 bits per heavy atom. The van der Waals surface area contributed by atoms with E-state index < -0.39 is 47.5 Å². The van der Waals surface area contributed by atoms with Gasteiger partial charge in [-0.2, -0.15) is 0 Å². The second-order valence-corrected chi connectivity index (χ2v) is 8.85. The minimum Gasteiger partial charge on any atom is -0.455 e. The third-order valence-electron chi connectivity index (χ3n) is 4.94. The predicted molar refractivity (Wildman–Crippen MR) is 111 cm³/mol. The number of rotatable bonds is 6. The maximum atomic E-state index is 13.8. The van der Waals surface area contributed by atoms with Crippen molar-refractivity contribution in [3.63, 3.8) is 0 Å². The maximum Gasteiger partial charge on any atom is 0.309 e. The SMILES string of the molecule is CN(CC(=O)NC(C)(C)C)C(=O)COC(=O)C1CCN(C(=O)c2ccc(F)cc2F)CC1. The number of amides is 3. The van der Waals surface area contributed by atoms with E-state index in [0.29, 0.717) is 18.9 Å². The fourth-order valence-electron chi connectivity index (χ4n) is 3.27. The summed E-state index contributed by atoms with van der Waals surface area (Å²) in [5, 5.41) is 2.74. The summed E-state index contributed by atoms with van der Waals surface area (Å²) in [6.45, 7) is 5.23. The zero-order valence-electron chi connectivity index (χ0n) is 18.7. The fourth-order valence-corrected chi connectivity index (χ4v) is 3.27. The van der Waals surface area contributed by atoms with Gasteiger partial charge in [-0.05, 0) is 45.7 Å². The number of halogens is 2. The van der Waals surface area contributed by atoms with Gasteiger partial charge in [-0.25, -0.2) is 8.78 Å². The van der Waals surface area contributed by atoms with Gasteiger partial charge in [-0.15, -0.1) is 0 Å². The van der Waals surface area contributed by atoms with Crippen molar-refractivity contribution in [2.24, 2.45) is 5.92 Å². The quantitative estimate of drug-likeness (QED) is 0.662. The lowest BCUT2D eigenvalue weighted by Gasteiger charge is -2.31. The largest absolute Gasteiger partial charge is 0.455 e. The smallest absolute Gasteiger partial charge is 0.309 e. The summed E-state index contributed by atoms with van der Waals surface area (Å²) in [4.78, 5) is 51.3. The predicted octanol–water partition coefficient (Wildman–Crippen LogP) is 1.73. The summed E-state index contributed by atoms with van der Waals surface area (Å²) in [5.74, 6) is -4.17. The number of carbonyl (C=O) groups excluding carboxylic acids is 4. The van der Waals surface area contributed by atoms with Crippen LogP contribution in [0.2, 0.25) is 0 Å². The van der Waals surface area contributed by atoms with E-state index in [-0.39, 0.29) is 31.1 Å². The second-order valence-electron chi connectivity index (χ2n) is 8.85. The van der Waals surface area contributed by atoms with Crippen molar-refractivity contribution in [3.8, 4) is 0 Å². The molecule has 1 aromatic rings. The molecule has 0 radical (unpaired) electrons. The fraction of sp³-hybridized carbons (Fsp3) is 0.545. The topological polar surface area (TPSA) is 96.0 Å². The van der Waals surface area contributed by atoms with Crippen molar-refractivity contribution < 1.29 is 32.7 Å². The molecule has 3 amide bonds. The highest BCUT2D eigenvalue weighted by molar-refractivity contribution is 5.94. The molecule has 0 bridgehead atoms. The van der Waals surface area contributed by atoms with Crippen molar-refractivity contribution in [2.75, 3.05) is 33.3 Å². The van der Waals surface area contributed by atoms with E-state index >= 15 is 0 Å². The molecule has 0 aromatic heterocycles. The van der Waals surface area contributed by atoms with Crippen LogP contribution in [0.5, 0.6) is 0 Å². The van der Waals surface area contributed by atoms with Crippen molar-refractivity contribution >= 4 is 23.7 Å². The molecule has 8 nitrogen and oxygen atoms in total. The lowest BCUT2D eigenvalue weighted by molar-refractivity contribution is -0.156. The monoisotopic (exact) mass is 453 g/mol. The van der Waals surface area contributed by atoms with Gasteiger partial charge in [0.1, 0.15) is 11.6 Å². The molecule has 1 fully saturated rings. The highest BCUT2D eigenvalue weighted by Crippen LogP contribution is 2.21. The first-order valence-corrected chi connectivity index (χ1v) is 10.3. The number of nitrogens with one attached hydrogen (secondary N) is 1. The van der Waals surface area contributed by atoms with Crippen LogP contribution in [0.4, 0.5) is 8.78 Å². The normalized spacial score (nSPS) is 14.6. The van der Waals surface area contributed by atoms with Crippen LogP contribution < -0.4 is 5.32 Å². The number of ether oxygens (including phenoxy) is 1. The number of benzene rings is 1. The standard InChI is InChI=1S/C22H29F2N3O5/c1-22(2,3)25-18(28)12-26(4)19(29)13-32-21(31)14-7-9-27(10-8-14)20(30)16-6-5-15(23)11-17(16)24/h5-6,11,14H,7-10,12-13H2,1-4H3,(H,25,28). The molecular formula is C22H29F2N3O5. The molecule has 1 saturated heterocycles. The first-order valence-electron chi connectivity index (χ1n) is 10.3. The summed E-state index contributed by atoms with van der Waals surface area (Å²) in [5.41, 5.74) is -0.650. The van der Waals surface area contributed by atoms with Crippen LogP contribution in [0.15, 0.2) is 18.2 Å². The van der Waals surface area contributed by atoms with Crippen LogP contribution in [0.3, 0.4) is 0 Å². The Labute approximate surface area is 185 Å². The number of likely N-dealkylation sites (tertiary alicyclic amines) is 1. The molecule has 1 heterocycles. The number of carbonyl (C=O) groups is 4. The summed E-state index contributed by atoms with van der Waals surface area (Å²) in [7, 11) is 1.44. The van der Waals surface area contributed by atoms with E-state index in [9.17, 15) is 28.0 Å². The minimum atomic E-state index is -0.935. The van der Waals surface area contributed by atoms with E-state index in [4.69, 9.17) is 4.74 Å². The van der Waals surface area contributed by atoms with Gasteiger partial charge in [0.2, 0.25) is 5.91 Å². The van der Waals surface area contributed by atoms with Gasteiger partial charge in [-0.1, -0.05) is 0 Å². The highest BCUT2D eigenvalue weighted by atomic mass is 19.1. The molecular weight excluding hydrogens is 424 g/mol. The Kier molecular flexibility index (Phi) is 8.29. The van der Waals surface area contributed by atoms with Gasteiger partial charge in [0.25, 0.3) is 11.8 Å². The summed E-state index contributed by atoms with van der Waals surface area (Å²) in [6.07, 6.45) is 0.594. The summed E-state index contributed by atoms with van der Waals surface area (Å²) < 4.78 is 32.0. The molecule has 0 aliphatic carbocycles. The van der Waals surface area contributed by atoms with Gasteiger partial charge in [-0.3, -0.25) is 19.2 Å². The molecule has 1 N–H and O–H groups in total. The van der Waals surface area contributed by atoms with E-state index in [1.165, 1.54) is 16.8 Å². The van der Waals surface area contributed by atoms with Gasteiger partial charge in [0, 0.05) is 31.7 Å². The molecule has 0 saturated carbocycles. The minimum absolute atomic E-state index is 0.159. The molecule has 1 aliphatic rings. The molecule has 0 atom stereocenters. The summed E-state index contributed by atoms with van der Waals surface area (Å²) in [6, 6.07) is 2.76. The van der Waals surface area contributed by atoms with Crippen LogP contribution in [0.1, 0.15) is 44.0 Å². The number of esters is 1. The van der Waals surface area contributed by atoms with Crippen molar-refractivity contribution in [1.82, 2.24) is 15.1 Å². The molecule has 176 valence electrons. The molecule has 32 heavy (non-hydrogen) atoms. The van der Waals surface area contributed by atoms with Crippen LogP contribution in [-0.2, 0) is 19.1 Å². The number of piperidine rings is 1. The van der Waals surface area contributed by atoms with Crippen molar-refractivity contribution in [1.29, 1.82) is 0 Å². The van der Waals surface area contributed by atoms with E-state index in [0.717, 1.165) is 12.1 Å². The summed E-state index contributed by atoms with van der Waals surface area (Å²) >= 11 is 0. The lowest BCUT2D eigenvalue weighted by Crippen LogP contribution is -2.47. The Morgan fingerprint density at radius 3 is 2.34 bits per heavy atom. The average Bonchev–Trinajstić information content (AvgIpc) is 2.69. The average molecular weight is 453 g/mol. The van der Waals surface area contributed by atoms with Crippen LogP contribution in [0, 0.1) is 17.6 Å².